The molecule has 0 bridgehead atoms. The average molecular weight is 466 g/mol. The molecule has 0 aliphatic rings. The summed E-state index contributed by atoms with van der Waals surface area (Å²) in [6.07, 6.45) is 0.407. The molecular weight excluding hydrogens is 447 g/mol. The second kappa shape index (κ2) is 10.0. The predicted molar refractivity (Wildman–Crippen MR) is 122 cm³/mol. The van der Waals surface area contributed by atoms with Crippen LogP contribution < -0.4 is 15.4 Å². The first-order valence-corrected chi connectivity index (χ1v) is 10.9. The molecule has 2 aromatic heterocycles. The summed E-state index contributed by atoms with van der Waals surface area (Å²) in [4.78, 5) is 24.9. The lowest BCUT2D eigenvalue weighted by atomic mass is 10.2. The van der Waals surface area contributed by atoms with E-state index in [0.29, 0.717) is 28.9 Å². The summed E-state index contributed by atoms with van der Waals surface area (Å²) in [6.45, 7) is 0. The van der Waals surface area contributed by atoms with Gasteiger partial charge in [-0.25, -0.2) is 4.39 Å². The SMILES string of the molecule is COc1ccc(NC(=O)CCc2nnc(-c3ccsc3)o2)cc1NC(=O)c1cccc(F)c1. The van der Waals surface area contributed by atoms with Gasteiger partial charge in [0.05, 0.1) is 12.8 Å². The molecule has 0 aliphatic carbocycles. The fourth-order valence-corrected chi connectivity index (χ4v) is 3.64. The van der Waals surface area contributed by atoms with Crippen molar-refractivity contribution in [2.45, 2.75) is 12.8 Å². The molecule has 168 valence electrons. The van der Waals surface area contributed by atoms with Crippen LogP contribution in [0.4, 0.5) is 15.8 Å². The number of rotatable bonds is 8. The maximum atomic E-state index is 13.4. The van der Waals surface area contributed by atoms with E-state index in [4.69, 9.17) is 9.15 Å². The van der Waals surface area contributed by atoms with Crippen LogP contribution in [0.25, 0.3) is 11.5 Å². The van der Waals surface area contributed by atoms with Crippen molar-refractivity contribution >= 4 is 34.5 Å². The third kappa shape index (κ3) is 5.60. The van der Waals surface area contributed by atoms with Gasteiger partial charge >= 0.3 is 0 Å². The van der Waals surface area contributed by atoms with Crippen LogP contribution in [0, 0.1) is 5.82 Å². The summed E-state index contributed by atoms with van der Waals surface area (Å²) in [6, 6.07) is 12.0. The Morgan fingerprint density at radius 3 is 2.76 bits per heavy atom. The Kier molecular flexibility index (Phi) is 6.75. The zero-order valence-electron chi connectivity index (χ0n) is 17.5. The number of ether oxygens (including phenoxy) is 1. The number of carbonyl (C=O) groups is 2. The number of anilines is 2. The van der Waals surface area contributed by atoms with Crippen LogP contribution in [0.1, 0.15) is 22.7 Å². The Morgan fingerprint density at radius 2 is 2.00 bits per heavy atom. The number of nitrogens with one attached hydrogen (secondary N) is 2. The van der Waals surface area contributed by atoms with Crippen molar-refractivity contribution in [2.75, 3.05) is 17.7 Å². The quantitative estimate of drug-likeness (QED) is 0.387. The third-order valence-electron chi connectivity index (χ3n) is 4.62. The van der Waals surface area contributed by atoms with Crippen molar-refractivity contribution in [2.24, 2.45) is 0 Å². The summed E-state index contributed by atoms with van der Waals surface area (Å²) < 4.78 is 24.3. The average Bonchev–Trinajstić information content (AvgIpc) is 3.50. The van der Waals surface area contributed by atoms with Gasteiger partial charge in [0, 0.05) is 35.0 Å². The fourth-order valence-electron chi connectivity index (χ4n) is 3.01. The Labute approximate surface area is 192 Å². The Morgan fingerprint density at radius 1 is 1.12 bits per heavy atom. The number of aryl methyl sites for hydroxylation is 1. The molecule has 2 heterocycles. The highest BCUT2D eigenvalue weighted by Crippen LogP contribution is 2.28. The molecule has 0 saturated carbocycles. The zero-order chi connectivity index (χ0) is 23.2. The maximum Gasteiger partial charge on any atom is 0.255 e. The molecule has 2 N–H and O–H groups in total. The number of benzene rings is 2. The van der Waals surface area contributed by atoms with Crippen molar-refractivity contribution < 1.29 is 23.1 Å². The number of halogens is 1. The van der Waals surface area contributed by atoms with E-state index in [1.54, 1.807) is 18.2 Å². The number of nitrogens with zero attached hydrogens (tertiary/aromatic N) is 2. The van der Waals surface area contributed by atoms with Crippen molar-refractivity contribution in [1.29, 1.82) is 0 Å². The molecule has 8 nitrogen and oxygen atoms in total. The molecule has 0 radical (unpaired) electrons. The van der Waals surface area contributed by atoms with Crippen molar-refractivity contribution in [3.05, 3.63) is 76.6 Å². The van der Waals surface area contributed by atoms with Gasteiger partial charge in [0.25, 0.3) is 5.91 Å². The largest absolute Gasteiger partial charge is 0.495 e. The number of thiophene rings is 1. The van der Waals surface area contributed by atoms with Crippen LogP contribution in [0.2, 0.25) is 0 Å². The second-order valence-electron chi connectivity index (χ2n) is 6.94. The van der Waals surface area contributed by atoms with Gasteiger partial charge in [-0.15, -0.1) is 10.2 Å². The van der Waals surface area contributed by atoms with Crippen molar-refractivity contribution in [1.82, 2.24) is 10.2 Å². The third-order valence-corrected chi connectivity index (χ3v) is 5.30. The van der Waals surface area contributed by atoms with Crippen LogP contribution in [-0.2, 0) is 11.2 Å². The second-order valence-corrected chi connectivity index (χ2v) is 7.72. The molecule has 4 rings (SSSR count). The molecule has 10 heteroatoms. The van der Waals surface area contributed by atoms with E-state index in [0.717, 1.165) is 11.6 Å². The lowest BCUT2D eigenvalue weighted by molar-refractivity contribution is -0.116. The molecule has 0 unspecified atom stereocenters. The van der Waals surface area contributed by atoms with Crippen LogP contribution in [0.3, 0.4) is 0 Å². The van der Waals surface area contributed by atoms with E-state index < -0.39 is 11.7 Å². The smallest absolute Gasteiger partial charge is 0.255 e. The molecule has 0 saturated heterocycles. The molecule has 0 aliphatic heterocycles. The summed E-state index contributed by atoms with van der Waals surface area (Å²) in [5.41, 5.74) is 1.80. The van der Waals surface area contributed by atoms with Gasteiger partial charge in [0.1, 0.15) is 11.6 Å². The first kappa shape index (κ1) is 22.2. The molecular formula is C23H19FN4O4S. The van der Waals surface area contributed by atoms with Crippen LogP contribution in [-0.4, -0.2) is 29.1 Å². The molecule has 0 spiro atoms. The lowest BCUT2D eigenvalue weighted by Crippen LogP contribution is -2.15. The zero-order valence-corrected chi connectivity index (χ0v) is 18.3. The molecule has 33 heavy (non-hydrogen) atoms. The first-order valence-electron chi connectivity index (χ1n) is 9.91. The van der Waals surface area contributed by atoms with Crippen molar-refractivity contribution in [3.8, 4) is 17.2 Å². The summed E-state index contributed by atoms with van der Waals surface area (Å²) >= 11 is 1.53. The summed E-state index contributed by atoms with van der Waals surface area (Å²) in [5, 5.41) is 17.2. The molecule has 2 aromatic carbocycles. The van der Waals surface area contributed by atoms with Gasteiger partial charge in [0.15, 0.2) is 0 Å². The van der Waals surface area contributed by atoms with Gasteiger partial charge in [-0.1, -0.05) is 6.07 Å². The number of carbonyl (C=O) groups excluding carboxylic acids is 2. The number of hydrogen-bond acceptors (Lipinski definition) is 7. The van der Waals surface area contributed by atoms with E-state index in [1.807, 2.05) is 16.8 Å². The Hall–Kier alpha value is -4.05. The van der Waals surface area contributed by atoms with E-state index in [2.05, 4.69) is 20.8 Å². The van der Waals surface area contributed by atoms with E-state index in [9.17, 15) is 14.0 Å². The van der Waals surface area contributed by atoms with Crippen LogP contribution >= 0.6 is 11.3 Å². The number of methoxy groups -OCH3 is 1. The highest BCUT2D eigenvalue weighted by atomic mass is 32.1. The van der Waals surface area contributed by atoms with Crippen LogP contribution in [0.5, 0.6) is 5.75 Å². The first-order chi connectivity index (χ1) is 16.0. The minimum atomic E-state index is -0.515. The standard InChI is InChI=1S/C23H19FN4O4S/c1-31-19-6-5-17(12-18(19)26-22(30)14-3-2-4-16(24)11-14)25-20(29)7-8-21-27-28-23(32-21)15-9-10-33-13-15/h2-6,9-13H,7-8H2,1H3,(H,25,29)(H,26,30). The van der Waals surface area contributed by atoms with E-state index >= 15 is 0 Å². The minimum absolute atomic E-state index is 0.127. The highest BCUT2D eigenvalue weighted by Gasteiger charge is 2.14. The van der Waals surface area contributed by atoms with Gasteiger partial charge in [-0.3, -0.25) is 9.59 Å². The predicted octanol–water partition coefficient (Wildman–Crippen LogP) is 4.77. The fraction of sp³-hybridized carbons (Fsp3) is 0.130. The highest BCUT2D eigenvalue weighted by molar-refractivity contribution is 7.08. The number of aromatic nitrogens is 2. The summed E-state index contributed by atoms with van der Waals surface area (Å²) in [7, 11) is 1.46. The van der Waals surface area contributed by atoms with Crippen molar-refractivity contribution in [3.63, 3.8) is 0 Å². The topological polar surface area (TPSA) is 106 Å². The maximum absolute atomic E-state index is 13.4. The lowest BCUT2D eigenvalue weighted by Gasteiger charge is -2.13. The molecule has 0 fully saturated rings. The van der Waals surface area contributed by atoms with Crippen LogP contribution in [0.15, 0.2) is 63.7 Å². The van der Waals surface area contributed by atoms with Gasteiger partial charge < -0.3 is 19.8 Å². The Bertz CT molecular complexity index is 1270. The van der Waals surface area contributed by atoms with Gasteiger partial charge in [-0.2, -0.15) is 11.3 Å². The normalized spacial score (nSPS) is 10.6. The Balaban J connectivity index is 1.38. The monoisotopic (exact) mass is 466 g/mol. The van der Waals surface area contributed by atoms with E-state index in [-0.39, 0.29) is 24.3 Å². The minimum Gasteiger partial charge on any atom is -0.495 e. The molecule has 2 amide bonds. The molecule has 0 atom stereocenters. The number of amides is 2. The summed E-state index contributed by atoms with van der Waals surface area (Å²) in [5.74, 6) is -0.111. The van der Waals surface area contributed by atoms with Gasteiger partial charge in [0.2, 0.25) is 17.7 Å². The van der Waals surface area contributed by atoms with Gasteiger partial charge in [-0.05, 0) is 47.8 Å². The van der Waals surface area contributed by atoms with E-state index in [1.165, 1.54) is 36.6 Å². The number of hydrogen-bond donors (Lipinski definition) is 2. The molecule has 4 aromatic rings.